The molecule has 1 N–H and O–H groups in total. The van der Waals surface area contributed by atoms with Crippen molar-refractivity contribution in [3.63, 3.8) is 0 Å². The third-order valence-corrected chi connectivity index (χ3v) is 3.67. The molecule has 0 aliphatic heterocycles. The summed E-state index contributed by atoms with van der Waals surface area (Å²) < 4.78 is 1.80. The van der Waals surface area contributed by atoms with Gasteiger partial charge in [-0.05, 0) is 18.8 Å². The molecule has 0 spiro atoms. The van der Waals surface area contributed by atoms with Gasteiger partial charge in [0, 0.05) is 13.5 Å². The van der Waals surface area contributed by atoms with Crippen LogP contribution in [0.15, 0.2) is 0 Å². The van der Waals surface area contributed by atoms with Crippen molar-refractivity contribution in [2.45, 2.75) is 45.1 Å². The van der Waals surface area contributed by atoms with Crippen LogP contribution in [0.25, 0.3) is 0 Å². The van der Waals surface area contributed by atoms with Gasteiger partial charge in [0.15, 0.2) is 0 Å². The van der Waals surface area contributed by atoms with Crippen LogP contribution >= 0.6 is 11.6 Å². The van der Waals surface area contributed by atoms with E-state index in [-0.39, 0.29) is 6.10 Å². The Bertz CT molecular complexity index is 371. The lowest BCUT2D eigenvalue weighted by molar-refractivity contribution is 0.155. The van der Waals surface area contributed by atoms with Crippen LogP contribution in [0.2, 0.25) is 5.02 Å². The number of halogens is 1. The fourth-order valence-electron chi connectivity index (χ4n) is 2.09. The molecule has 0 bridgehead atoms. The minimum absolute atomic E-state index is 0.273. The van der Waals surface area contributed by atoms with Crippen molar-refractivity contribution in [3.8, 4) is 0 Å². The highest BCUT2D eigenvalue weighted by atomic mass is 35.5. The molecule has 3 nitrogen and oxygen atoms in total. The van der Waals surface area contributed by atoms with E-state index < -0.39 is 0 Å². The average molecular weight is 243 g/mol. The van der Waals surface area contributed by atoms with Gasteiger partial charge in [-0.15, -0.1) is 0 Å². The summed E-state index contributed by atoms with van der Waals surface area (Å²) in [7, 11) is 1.89. The summed E-state index contributed by atoms with van der Waals surface area (Å²) in [6.07, 6.45) is 4.64. The molecule has 0 saturated heterocycles. The Hall–Kier alpha value is -0.540. The summed E-state index contributed by atoms with van der Waals surface area (Å²) in [5.41, 5.74) is 1.89. The van der Waals surface area contributed by atoms with E-state index in [4.69, 9.17) is 11.6 Å². The summed E-state index contributed by atoms with van der Waals surface area (Å²) in [4.78, 5) is 0. The molecule has 1 heterocycles. The Morgan fingerprint density at radius 2 is 2.25 bits per heavy atom. The van der Waals surface area contributed by atoms with E-state index in [1.54, 1.807) is 4.68 Å². The molecule has 1 aliphatic carbocycles. The predicted octanol–water partition coefficient (Wildman–Crippen LogP) is 2.34. The largest absolute Gasteiger partial charge is 0.393 e. The molecule has 90 valence electrons. The smallest absolute Gasteiger partial charge is 0.0850 e. The molecule has 1 unspecified atom stereocenters. The normalized spacial score (nSPS) is 17.8. The zero-order chi connectivity index (χ0) is 11.7. The minimum Gasteiger partial charge on any atom is -0.393 e. The van der Waals surface area contributed by atoms with Crippen molar-refractivity contribution in [2.75, 3.05) is 0 Å². The van der Waals surface area contributed by atoms with Crippen LogP contribution in [-0.2, 0) is 19.9 Å². The molecule has 1 aromatic rings. The Labute approximate surface area is 101 Å². The van der Waals surface area contributed by atoms with Crippen LogP contribution in [0.1, 0.15) is 37.6 Å². The molecule has 1 aromatic heterocycles. The van der Waals surface area contributed by atoms with E-state index in [0.29, 0.717) is 6.42 Å². The van der Waals surface area contributed by atoms with Crippen LogP contribution in [-0.4, -0.2) is 21.0 Å². The van der Waals surface area contributed by atoms with E-state index in [2.05, 4.69) is 5.10 Å². The number of aromatic nitrogens is 2. The number of aryl methyl sites for hydroxylation is 2. The molecule has 4 heteroatoms. The molecule has 16 heavy (non-hydrogen) atoms. The van der Waals surface area contributed by atoms with Crippen LogP contribution in [0.5, 0.6) is 0 Å². The van der Waals surface area contributed by atoms with Crippen molar-refractivity contribution >= 4 is 11.6 Å². The molecule has 0 radical (unpaired) electrons. The maximum absolute atomic E-state index is 9.94. The Morgan fingerprint density at radius 3 is 2.75 bits per heavy atom. The van der Waals surface area contributed by atoms with Gasteiger partial charge in [0.2, 0.25) is 0 Å². The summed E-state index contributed by atoms with van der Waals surface area (Å²) in [6, 6.07) is 0. The standard InChI is InChI=1S/C12H19ClN2O/c1-3-10-12(13)11(15(2)14-10)7-9(16)6-8-4-5-8/h8-9,16H,3-7H2,1-2H3. The predicted molar refractivity (Wildman–Crippen MR) is 64.6 cm³/mol. The second-order valence-electron chi connectivity index (χ2n) is 4.72. The van der Waals surface area contributed by atoms with Gasteiger partial charge in [-0.25, -0.2) is 0 Å². The first kappa shape index (κ1) is 11.9. The third kappa shape index (κ3) is 2.58. The number of hydrogen-bond acceptors (Lipinski definition) is 2. The average Bonchev–Trinajstić information content (AvgIpc) is 3.00. The molecule has 1 aliphatic rings. The Balaban J connectivity index is 2.04. The highest BCUT2D eigenvalue weighted by Crippen LogP contribution is 2.34. The van der Waals surface area contributed by atoms with Gasteiger partial charge >= 0.3 is 0 Å². The lowest BCUT2D eigenvalue weighted by Gasteiger charge is -2.10. The Morgan fingerprint density at radius 1 is 1.56 bits per heavy atom. The molecule has 2 rings (SSSR count). The van der Waals surface area contributed by atoms with Crippen LogP contribution in [0.4, 0.5) is 0 Å². The number of aliphatic hydroxyl groups is 1. The van der Waals surface area contributed by atoms with Gasteiger partial charge in [-0.3, -0.25) is 4.68 Å². The van der Waals surface area contributed by atoms with Crippen molar-refractivity contribution in [1.82, 2.24) is 9.78 Å². The molecule has 1 saturated carbocycles. The SMILES string of the molecule is CCc1nn(C)c(CC(O)CC2CC2)c1Cl. The molecule has 0 aromatic carbocycles. The fraction of sp³-hybridized carbons (Fsp3) is 0.750. The molecule has 1 atom stereocenters. The van der Waals surface area contributed by atoms with E-state index >= 15 is 0 Å². The fourth-order valence-corrected chi connectivity index (χ4v) is 2.46. The van der Waals surface area contributed by atoms with Gasteiger partial charge in [0.25, 0.3) is 0 Å². The zero-order valence-electron chi connectivity index (χ0n) is 9.91. The Kier molecular flexibility index (Phi) is 3.55. The van der Waals surface area contributed by atoms with Gasteiger partial charge in [-0.2, -0.15) is 5.10 Å². The van der Waals surface area contributed by atoms with E-state index in [0.717, 1.165) is 35.2 Å². The summed E-state index contributed by atoms with van der Waals surface area (Å²) in [5.74, 6) is 0.743. The van der Waals surface area contributed by atoms with Crippen molar-refractivity contribution in [3.05, 3.63) is 16.4 Å². The highest BCUT2D eigenvalue weighted by Gasteiger charge is 2.26. The van der Waals surface area contributed by atoms with Crippen LogP contribution < -0.4 is 0 Å². The summed E-state index contributed by atoms with van der Waals surface area (Å²) in [6.45, 7) is 2.04. The number of hydrogen-bond donors (Lipinski definition) is 1. The lowest BCUT2D eigenvalue weighted by atomic mass is 10.1. The minimum atomic E-state index is -0.273. The van der Waals surface area contributed by atoms with E-state index in [9.17, 15) is 5.11 Å². The number of aliphatic hydroxyl groups excluding tert-OH is 1. The second kappa shape index (κ2) is 4.76. The quantitative estimate of drug-likeness (QED) is 0.861. The zero-order valence-corrected chi connectivity index (χ0v) is 10.7. The van der Waals surface area contributed by atoms with Crippen molar-refractivity contribution < 1.29 is 5.11 Å². The van der Waals surface area contributed by atoms with Crippen molar-refractivity contribution in [2.24, 2.45) is 13.0 Å². The van der Waals surface area contributed by atoms with Crippen molar-refractivity contribution in [1.29, 1.82) is 0 Å². The monoisotopic (exact) mass is 242 g/mol. The maximum Gasteiger partial charge on any atom is 0.0850 e. The van der Waals surface area contributed by atoms with Gasteiger partial charge in [0.05, 0.1) is 22.5 Å². The van der Waals surface area contributed by atoms with Gasteiger partial charge in [-0.1, -0.05) is 31.4 Å². The molecule has 1 fully saturated rings. The third-order valence-electron chi connectivity index (χ3n) is 3.23. The number of nitrogens with zero attached hydrogens (tertiary/aromatic N) is 2. The van der Waals surface area contributed by atoms with Crippen LogP contribution in [0, 0.1) is 5.92 Å². The van der Waals surface area contributed by atoms with Gasteiger partial charge in [0.1, 0.15) is 0 Å². The topological polar surface area (TPSA) is 38.0 Å². The first-order valence-corrected chi connectivity index (χ1v) is 6.38. The summed E-state index contributed by atoms with van der Waals surface area (Å²) >= 11 is 6.23. The highest BCUT2D eigenvalue weighted by molar-refractivity contribution is 6.31. The lowest BCUT2D eigenvalue weighted by Crippen LogP contribution is -2.14. The van der Waals surface area contributed by atoms with E-state index in [1.165, 1.54) is 12.8 Å². The molecular formula is C12H19ClN2O. The number of rotatable bonds is 5. The van der Waals surface area contributed by atoms with Crippen LogP contribution in [0.3, 0.4) is 0 Å². The first-order chi connectivity index (χ1) is 7.61. The molecule has 0 amide bonds. The van der Waals surface area contributed by atoms with E-state index in [1.807, 2.05) is 14.0 Å². The molecular weight excluding hydrogens is 224 g/mol. The maximum atomic E-state index is 9.94. The second-order valence-corrected chi connectivity index (χ2v) is 5.10. The summed E-state index contributed by atoms with van der Waals surface area (Å²) in [5, 5.41) is 15.0. The van der Waals surface area contributed by atoms with Gasteiger partial charge < -0.3 is 5.11 Å². The first-order valence-electron chi connectivity index (χ1n) is 6.00.